The molecule has 1 aromatic carbocycles. The molecule has 1 heterocycles. The molecule has 0 aliphatic rings. The van der Waals surface area contributed by atoms with E-state index < -0.39 is 0 Å². The third kappa shape index (κ3) is 4.22. The molecule has 1 aromatic heterocycles. The summed E-state index contributed by atoms with van der Waals surface area (Å²) in [5.41, 5.74) is 1.31. The number of thiophene rings is 1. The Morgan fingerprint density at radius 1 is 1.27 bits per heavy atom. The molecule has 2 amide bonds. The molecule has 2 aromatic rings. The Hall–Kier alpha value is -1.56. The molecule has 116 valence electrons. The second kappa shape index (κ2) is 7.63. The first-order valence-corrected chi connectivity index (χ1v) is 8.16. The first kappa shape index (κ1) is 16.8. The maximum atomic E-state index is 12.1. The average molecular weight is 357 g/mol. The Bertz CT molecular complexity index is 674. The molecule has 0 bridgehead atoms. The molecule has 1 N–H and O–H groups in total. The Balaban J connectivity index is 1.89. The number of nitrogens with one attached hydrogen (secondary N) is 1. The maximum Gasteiger partial charge on any atom is 0.252 e. The van der Waals surface area contributed by atoms with Crippen LogP contribution in [0, 0.1) is 0 Å². The fraction of sp³-hybridized carbons (Fsp3) is 0.200. The van der Waals surface area contributed by atoms with Crippen molar-refractivity contribution in [3.63, 3.8) is 0 Å². The van der Waals surface area contributed by atoms with Gasteiger partial charge < -0.3 is 10.2 Å². The van der Waals surface area contributed by atoms with Crippen molar-refractivity contribution in [3.8, 4) is 0 Å². The van der Waals surface area contributed by atoms with Crippen LogP contribution in [0.15, 0.2) is 35.0 Å². The van der Waals surface area contributed by atoms with E-state index >= 15 is 0 Å². The minimum atomic E-state index is -0.260. The number of carbonyl (C=O) groups is 2. The largest absolute Gasteiger partial charge is 0.343 e. The number of halogens is 2. The maximum absolute atomic E-state index is 12.1. The van der Waals surface area contributed by atoms with Crippen LogP contribution in [0.25, 0.3) is 0 Å². The third-order valence-corrected chi connectivity index (χ3v) is 4.59. The first-order chi connectivity index (χ1) is 10.5. The standard InChI is InChI=1S/C15H14Cl2N2O2S/c1-19(8-10-3-2-4-12(16)14(10)17)13(20)7-18-15(21)11-5-6-22-9-11/h2-6,9H,7-8H2,1H3,(H,18,21). The van der Waals surface area contributed by atoms with Gasteiger partial charge in [-0.15, -0.1) is 0 Å². The highest BCUT2D eigenvalue weighted by molar-refractivity contribution is 7.08. The van der Waals surface area contributed by atoms with Gasteiger partial charge in [-0.3, -0.25) is 9.59 Å². The van der Waals surface area contributed by atoms with Crippen LogP contribution in [0.2, 0.25) is 10.0 Å². The van der Waals surface area contributed by atoms with Gasteiger partial charge in [0.1, 0.15) is 0 Å². The zero-order valence-corrected chi connectivity index (χ0v) is 14.1. The second-order valence-corrected chi connectivity index (χ2v) is 6.22. The Morgan fingerprint density at radius 3 is 2.73 bits per heavy atom. The molecule has 0 radical (unpaired) electrons. The van der Waals surface area contributed by atoms with Gasteiger partial charge in [0.15, 0.2) is 0 Å². The SMILES string of the molecule is CN(Cc1cccc(Cl)c1Cl)C(=O)CNC(=O)c1ccsc1. The molecule has 0 spiro atoms. The lowest BCUT2D eigenvalue weighted by atomic mass is 10.2. The summed E-state index contributed by atoms with van der Waals surface area (Å²) in [5, 5.41) is 7.02. The van der Waals surface area contributed by atoms with Crippen LogP contribution < -0.4 is 5.32 Å². The number of carbonyl (C=O) groups excluding carboxylic acids is 2. The van der Waals surface area contributed by atoms with Crippen LogP contribution in [-0.4, -0.2) is 30.3 Å². The van der Waals surface area contributed by atoms with Crippen LogP contribution in [0.1, 0.15) is 15.9 Å². The van der Waals surface area contributed by atoms with Crippen LogP contribution in [0.3, 0.4) is 0 Å². The van der Waals surface area contributed by atoms with Gasteiger partial charge in [0.25, 0.3) is 5.91 Å². The molecule has 0 unspecified atom stereocenters. The zero-order valence-electron chi connectivity index (χ0n) is 11.8. The van der Waals surface area contributed by atoms with Crippen molar-refractivity contribution in [2.75, 3.05) is 13.6 Å². The topological polar surface area (TPSA) is 49.4 Å². The van der Waals surface area contributed by atoms with Gasteiger partial charge in [-0.25, -0.2) is 0 Å². The Kier molecular flexibility index (Phi) is 5.83. The van der Waals surface area contributed by atoms with Crippen molar-refractivity contribution < 1.29 is 9.59 Å². The van der Waals surface area contributed by atoms with Crippen LogP contribution in [0.5, 0.6) is 0 Å². The first-order valence-electron chi connectivity index (χ1n) is 6.46. The normalized spacial score (nSPS) is 10.3. The summed E-state index contributed by atoms with van der Waals surface area (Å²) in [6, 6.07) is 6.98. The van der Waals surface area contributed by atoms with Crippen molar-refractivity contribution in [2.45, 2.75) is 6.54 Å². The van der Waals surface area contributed by atoms with Gasteiger partial charge in [0, 0.05) is 24.5 Å². The molecular weight excluding hydrogens is 343 g/mol. The number of benzene rings is 1. The molecule has 0 aliphatic carbocycles. The molecule has 2 rings (SSSR count). The molecule has 0 atom stereocenters. The monoisotopic (exact) mass is 356 g/mol. The van der Waals surface area contributed by atoms with Gasteiger partial charge in [-0.2, -0.15) is 11.3 Å². The fourth-order valence-corrected chi connectivity index (χ4v) is 2.82. The minimum absolute atomic E-state index is 0.0661. The van der Waals surface area contributed by atoms with Crippen molar-refractivity contribution in [1.29, 1.82) is 0 Å². The van der Waals surface area contributed by atoms with E-state index in [2.05, 4.69) is 5.32 Å². The quantitative estimate of drug-likeness (QED) is 0.891. The van der Waals surface area contributed by atoms with Crippen molar-refractivity contribution in [1.82, 2.24) is 10.2 Å². The zero-order chi connectivity index (χ0) is 16.1. The van der Waals surface area contributed by atoms with E-state index in [-0.39, 0.29) is 18.4 Å². The average Bonchev–Trinajstić information content (AvgIpc) is 3.03. The van der Waals surface area contributed by atoms with Gasteiger partial charge in [-0.05, 0) is 23.1 Å². The number of hydrogen-bond donors (Lipinski definition) is 1. The van der Waals surface area contributed by atoms with E-state index in [0.29, 0.717) is 22.2 Å². The number of hydrogen-bond acceptors (Lipinski definition) is 3. The third-order valence-electron chi connectivity index (χ3n) is 3.05. The van der Waals surface area contributed by atoms with E-state index in [1.807, 2.05) is 11.4 Å². The summed E-state index contributed by atoms with van der Waals surface area (Å²) < 4.78 is 0. The molecular formula is C15H14Cl2N2O2S. The predicted molar refractivity (Wildman–Crippen MR) is 89.6 cm³/mol. The summed E-state index contributed by atoms with van der Waals surface area (Å²) >= 11 is 13.5. The van der Waals surface area contributed by atoms with Crippen molar-refractivity contribution in [2.24, 2.45) is 0 Å². The number of likely N-dealkylation sites (N-methyl/N-ethyl adjacent to an activating group) is 1. The highest BCUT2D eigenvalue weighted by Gasteiger charge is 2.14. The lowest BCUT2D eigenvalue weighted by Crippen LogP contribution is -2.37. The van der Waals surface area contributed by atoms with E-state index in [1.54, 1.807) is 30.6 Å². The van der Waals surface area contributed by atoms with Crippen molar-refractivity contribution >= 4 is 46.4 Å². The van der Waals surface area contributed by atoms with Crippen LogP contribution in [-0.2, 0) is 11.3 Å². The van der Waals surface area contributed by atoms with E-state index in [0.717, 1.165) is 5.56 Å². The summed E-state index contributed by atoms with van der Waals surface area (Å²) in [7, 11) is 1.65. The number of amides is 2. The van der Waals surface area contributed by atoms with E-state index in [4.69, 9.17) is 23.2 Å². The van der Waals surface area contributed by atoms with E-state index in [1.165, 1.54) is 16.2 Å². The van der Waals surface area contributed by atoms with Crippen LogP contribution >= 0.6 is 34.5 Å². The Labute approximate surface area is 142 Å². The highest BCUT2D eigenvalue weighted by atomic mass is 35.5. The van der Waals surface area contributed by atoms with Gasteiger partial charge >= 0.3 is 0 Å². The predicted octanol–water partition coefficient (Wildman–Crippen LogP) is 3.44. The number of rotatable bonds is 5. The summed E-state index contributed by atoms with van der Waals surface area (Å²) in [5.74, 6) is -0.469. The smallest absolute Gasteiger partial charge is 0.252 e. The molecule has 22 heavy (non-hydrogen) atoms. The second-order valence-electron chi connectivity index (χ2n) is 4.66. The molecule has 0 saturated carbocycles. The molecule has 7 heteroatoms. The van der Waals surface area contributed by atoms with Gasteiger partial charge in [0.05, 0.1) is 16.6 Å². The highest BCUT2D eigenvalue weighted by Crippen LogP contribution is 2.26. The fourth-order valence-electron chi connectivity index (χ4n) is 1.80. The van der Waals surface area contributed by atoms with Crippen molar-refractivity contribution in [3.05, 3.63) is 56.2 Å². The van der Waals surface area contributed by atoms with E-state index in [9.17, 15) is 9.59 Å². The minimum Gasteiger partial charge on any atom is -0.343 e. The molecule has 0 fully saturated rings. The lowest BCUT2D eigenvalue weighted by molar-refractivity contribution is -0.129. The molecule has 0 saturated heterocycles. The molecule has 0 aliphatic heterocycles. The van der Waals surface area contributed by atoms with Gasteiger partial charge in [-0.1, -0.05) is 35.3 Å². The summed E-state index contributed by atoms with van der Waals surface area (Å²) in [4.78, 5) is 25.3. The summed E-state index contributed by atoms with van der Waals surface area (Å²) in [6.45, 7) is 0.260. The van der Waals surface area contributed by atoms with Gasteiger partial charge in [0.2, 0.25) is 5.91 Å². The lowest BCUT2D eigenvalue weighted by Gasteiger charge is -2.18. The Morgan fingerprint density at radius 2 is 2.05 bits per heavy atom. The van der Waals surface area contributed by atoms with Crippen LogP contribution in [0.4, 0.5) is 0 Å². The molecule has 4 nitrogen and oxygen atoms in total. The number of nitrogens with zero attached hydrogens (tertiary/aromatic N) is 1. The summed E-state index contributed by atoms with van der Waals surface area (Å²) in [6.07, 6.45) is 0.